The molecule has 1 heterocycles. The normalized spacial score (nSPS) is 25.5. The van der Waals surface area contributed by atoms with E-state index in [9.17, 15) is 5.11 Å². The Hall–Kier alpha value is -0.420. The van der Waals surface area contributed by atoms with Crippen molar-refractivity contribution in [3.63, 3.8) is 0 Å². The minimum Gasteiger partial charge on any atom is -0.396 e. The summed E-state index contributed by atoms with van der Waals surface area (Å²) in [5, 5.41) is 13.0. The summed E-state index contributed by atoms with van der Waals surface area (Å²) in [6, 6.07) is 5.06. The maximum Gasteiger partial charge on any atom is 0.0541 e. The van der Waals surface area contributed by atoms with Gasteiger partial charge in [-0.2, -0.15) is 0 Å². The van der Waals surface area contributed by atoms with Gasteiger partial charge in [-0.05, 0) is 37.3 Å². The third-order valence-corrected chi connectivity index (χ3v) is 5.26. The number of rotatable bonds is 6. The molecule has 0 amide bonds. The van der Waals surface area contributed by atoms with Crippen LogP contribution in [0.3, 0.4) is 0 Å². The highest BCUT2D eigenvalue weighted by Crippen LogP contribution is 2.29. The number of thiophene rings is 1. The van der Waals surface area contributed by atoms with Gasteiger partial charge in [-0.25, -0.2) is 0 Å². The first-order valence-corrected chi connectivity index (χ1v) is 7.75. The molecule has 0 bridgehead atoms. The summed E-state index contributed by atoms with van der Waals surface area (Å²) in [6.07, 6.45) is 4.60. The molecule has 1 aromatic rings. The van der Waals surface area contributed by atoms with Crippen molar-refractivity contribution in [1.82, 2.24) is 5.32 Å². The van der Waals surface area contributed by atoms with Gasteiger partial charge < -0.3 is 16.2 Å². The zero-order valence-corrected chi connectivity index (χ0v) is 11.9. The Balaban J connectivity index is 2.00. The summed E-state index contributed by atoms with van der Waals surface area (Å²) in [6.45, 7) is 3.09. The second kappa shape index (κ2) is 6.66. The fourth-order valence-electron chi connectivity index (χ4n) is 2.77. The molecule has 4 heteroatoms. The fourth-order valence-corrected chi connectivity index (χ4v) is 3.80. The Morgan fingerprint density at radius 2 is 2.33 bits per heavy atom. The number of nitrogens with two attached hydrogens (primary N) is 1. The van der Waals surface area contributed by atoms with Crippen LogP contribution in [0.25, 0.3) is 0 Å². The number of hydrogen-bond donors (Lipinski definition) is 3. The average molecular weight is 268 g/mol. The van der Waals surface area contributed by atoms with E-state index in [0.29, 0.717) is 25.1 Å². The lowest BCUT2D eigenvalue weighted by Gasteiger charge is -2.25. The van der Waals surface area contributed by atoms with Gasteiger partial charge in [-0.3, -0.25) is 0 Å². The van der Waals surface area contributed by atoms with Crippen molar-refractivity contribution in [2.24, 2.45) is 11.7 Å². The van der Waals surface area contributed by atoms with Gasteiger partial charge in [0.25, 0.3) is 0 Å². The van der Waals surface area contributed by atoms with Crippen LogP contribution < -0.4 is 11.1 Å². The van der Waals surface area contributed by atoms with Crippen LogP contribution in [-0.2, 0) is 6.42 Å². The van der Waals surface area contributed by atoms with E-state index in [1.54, 1.807) is 0 Å². The highest BCUT2D eigenvalue weighted by atomic mass is 32.1. The van der Waals surface area contributed by atoms with Crippen molar-refractivity contribution in [3.8, 4) is 0 Å². The molecule has 3 atom stereocenters. The number of aryl methyl sites for hydroxylation is 1. The van der Waals surface area contributed by atoms with E-state index >= 15 is 0 Å². The van der Waals surface area contributed by atoms with Gasteiger partial charge in [0.2, 0.25) is 0 Å². The molecule has 0 radical (unpaired) electrons. The largest absolute Gasteiger partial charge is 0.396 e. The first kappa shape index (κ1) is 14.0. The van der Waals surface area contributed by atoms with Crippen molar-refractivity contribution in [2.45, 2.75) is 44.7 Å². The van der Waals surface area contributed by atoms with Gasteiger partial charge in [0.15, 0.2) is 0 Å². The van der Waals surface area contributed by atoms with E-state index in [2.05, 4.69) is 24.4 Å². The van der Waals surface area contributed by atoms with Gasteiger partial charge in [0.1, 0.15) is 0 Å². The minimum atomic E-state index is 0.243. The molecule has 2 rings (SSSR count). The van der Waals surface area contributed by atoms with Crippen LogP contribution in [0, 0.1) is 5.92 Å². The van der Waals surface area contributed by atoms with Crippen molar-refractivity contribution in [3.05, 3.63) is 21.9 Å². The number of aliphatic hydroxyl groups is 1. The van der Waals surface area contributed by atoms with Crippen LogP contribution in [0.1, 0.15) is 42.0 Å². The molecule has 1 aliphatic carbocycles. The Bertz CT molecular complexity index is 366. The van der Waals surface area contributed by atoms with Gasteiger partial charge in [0, 0.05) is 28.9 Å². The van der Waals surface area contributed by atoms with Crippen molar-refractivity contribution < 1.29 is 5.11 Å². The summed E-state index contributed by atoms with van der Waals surface area (Å²) in [7, 11) is 0. The Labute approximate surface area is 113 Å². The summed E-state index contributed by atoms with van der Waals surface area (Å²) in [5.74, 6) is 0.407. The van der Waals surface area contributed by atoms with Crippen LogP contribution in [0.2, 0.25) is 0 Å². The van der Waals surface area contributed by atoms with E-state index in [4.69, 9.17) is 5.73 Å². The third kappa shape index (κ3) is 3.12. The third-order valence-electron chi connectivity index (χ3n) is 3.92. The number of aliphatic hydroxyl groups excluding tert-OH is 1. The highest BCUT2D eigenvalue weighted by molar-refractivity contribution is 7.12. The predicted molar refractivity (Wildman–Crippen MR) is 76.8 cm³/mol. The molecule has 0 saturated heterocycles. The monoisotopic (exact) mass is 268 g/mol. The smallest absolute Gasteiger partial charge is 0.0541 e. The van der Waals surface area contributed by atoms with Crippen LogP contribution in [-0.4, -0.2) is 24.3 Å². The summed E-state index contributed by atoms with van der Waals surface area (Å²) < 4.78 is 0. The van der Waals surface area contributed by atoms with Gasteiger partial charge in [0.05, 0.1) is 6.04 Å². The molecule has 102 valence electrons. The molecular formula is C14H24N2OS. The van der Waals surface area contributed by atoms with E-state index < -0.39 is 0 Å². The van der Waals surface area contributed by atoms with Crippen LogP contribution >= 0.6 is 11.3 Å². The number of nitrogens with one attached hydrogen (secondary N) is 1. The van der Waals surface area contributed by atoms with E-state index in [1.807, 2.05) is 11.3 Å². The molecule has 1 aliphatic rings. The minimum absolute atomic E-state index is 0.243. The van der Waals surface area contributed by atoms with Crippen molar-refractivity contribution in [2.75, 3.05) is 13.2 Å². The SMILES string of the molecule is CCc1ccc(C(CN)NC2CCCC2CO)s1. The highest BCUT2D eigenvalue weighted by Gasteiger charge is 2.28. The topological polar surface area (TPSA) is 58.3 Å². The van der Waals surface area contributed by atoms with E-state index in [-0.39, 0.29) is 6.04 Å². The first-order chi connectivity index (χ1) is 8.78. The lowest BCUT2D eigenvalue weighted by Crippen LogP contribution is -2.39. The summed E-state index contributed by atoms with van der Waals surface area (Å²) >= 11 is 1.85. The Kier molecular flexibility index (Phi) is 5.18. The quantitative estimate of drug-likeness (QED) is 0.740. The fraction of sp³-hybridized carbons (Fsp3) is 0.714. The molecule has 0 aliphatic heterocycles. The lowest BCUT2D eigenvalue weighted by atomic mass is 10.0. The first-order valence-electron chi connectivity index (χ1n) is 6.94. The second-order valence-electron chi connectivity index (χ2n) is 5.09. The molecule has 3 nitrogen and oxygen atoms in total. The molecule has 0 aromatic carbocycles. The molecule has 1 fully saturated rings. The number of hydrogen-bond acceptors (Lipinski definition) is 4. The zero-order chi connectivity index (χ0) is 13.0. The predicted octanol–water partition coefficient (Wildman–Crippen LogP) is 2.06. The summed E-state index contributed by atoms with van der Waals surface area (Å²) in [5.41, 5.74) is 5.90. The Morgan fingerprint density at radius 3 is 2.94 bits per heavy atom. The maximum atomic E-state index is 9.37. The second-order valence-corrected chi connectivity index (χ2v) is 6.29. The maximum absolute atomic E-state index is 9.37. The van der Waals surface area contributed by atoms with Crippen molar-refractivity contribution >= 4 is 11.3 Å². The molecular weight excluding hydrogens is 244 g/mol. The molecule has 3 unspecified atom stereocenters. The standard InChI is InChI=1S/C14H24N2OS/c1-2-11-6-7-14(18-11)13(8-15)16-12-5-3-4-10(12)9-17/h6-7,10,12-13,16-17H,2-5,8-9,15H2,1H3. The van der Waals surface area contributed by atoms with Gasteiger partial charge in [-0.15, -0.1) is 11.3 Å². The van der Waals surface area contributed by atoms with Crippen molar-refractivity contribution in [1.29, 1.82) is 0 Å². The molecule has 1 aromatic heterocycles. The average Bonchev–Trinajstić information content (AvgIpc) is 3.04. The van der Waals surface area contributed by atoms with Gasteiger partial charge in [-0.1, -0.05) is 13.3 Å². The zero-order valence-electron chi connectivity index (χ0n) is 11.1. The molecule has 18 heavy (non-hydrogen) atoms. The lowest BCUT2D eigenvalue weighted by molar-refractivity contribution is 0.200. The van der Waals surface area contributed by atoms with Crippen LogP contribution in [0.15, 0.2) is 12.1 Å². The molecule has 1 saturated carbocycles. The van der Waals surface area contributed by atoms with Gasteiger partial charge >= 0.3 is 0 Å². The van der Waals surface area contributed by atoms with Crippen LogP contribution in [0.5, 0.6) is 0 Å². The van der Waals surface area contributed by atoms with Crippen LogP contribution in [0.4, 0.5) is 0 Å². The summed E-state index contributed by atoms with van der Waals surface area (Å²) in [4.78, 5) is 2.74. The molecule has 0 spiro atoms. The molecule has 4 N–H and O–H groups in total. The van der Waals surface area contributed by atoms with E-state index in [1.165, 1.54) is 16.2 Å². The van der Waals surface area contributed by atoms with E-state index in [0.717, 1.165) is 19.3 Å². The Morgan fingerprint density at radius 1 is 1.50 bits per heavy atom.